The first-order valence-electron chi connectivity index (χ1n) is 8.72. The standard InChI is InChI=1S/C19H19FN6O/c20-14-6-5-12-2-1-11-3-4-13(17(22)27)9-15(11)19(7-8-21,16(12)10-14)18-23-25-26-24-18/h3-6,9-10H,1-2,7-8,21H2,(H2,22,27)(H,23,24,25,26). The summed E-state index contributed by atoms with van der Waals surface area (Å²) in [5.74, 6) is -0.492. The first-order chi connectivity index (χ1) is 13.1. The van der Waals surface area contributed by atoms with E-state index in [1.54, 1.807) is 18.2 Å². The molecule has 27 heavy (non-hydrogen) atoms. The topological polar surface area (TPSA) is 124 Å². The Hall–Kier alpha value is -3.13. The molecule has 1 amide bonds. The molecule has 8 heteroatoms. The number of aromatic amines is 1. The third kappa shape index (κ3) is 2.69. The Morgan fingerprint density at radius 3 is 2.48 bits per heavy atom. The van der Waals surface area contributed by atoms with Crippen LogP contribution in [0, 0.1) is 5.82 Å². The molecule has 138 valence electrons. The van der Waals surface area contributed by atoms with Crippen LogP contribution in [0.15, 0.2) is 36.4 Å². The second kappa shape index (κ2) is 6.55. The number of rotatable bonds is 4. The van der Waals surface area contributed by atoms with Crippen molar-refractivity contribution < 1.29 is 9.18 Å². The fraction of sp³-hybridized carbons (Fsp3) is 0.263. The number of fused-ring (bicyclic) bond motifs is 2. The first-order valence-corrected chi connectivity index (χ1v) is 8.72. The van der Waals surface area contributed by atoms with Crippen LogP contribution in [-0.4, -0.2) is 33.1 Å². The summed E-state index contributed by atoms with van der Waals surface area (Å²) < 4.78 is 14.3. The van der Waals surface area contributed by atoms with E-state index in [-0.39, 0.29) is 5.82 Å². The number of nitrogens with zero attached hydrogens (tertiary/aromatic N) is 3. The van der Waals surface area contributed by atoms with Gasteiger partial charge in [-0.1, -0.05) is 17.3 Å². The molecule has 3 aromatic rings. The Balaban J connectivity index is 2.12. The van der Waals surface area contributed by atoms with Gasteiger partial charge in [-0.15, -0.1) is 10.2 Å². The van der Waals surface area contributed by atoms with Gasteiger partial charge in [-0.05, 0) is 72.3 Å². The van der Waals surface area contributed by atoms with Crippen LogP contribution in [0.3, 0.4) is 0 Å². The van der Waals surface area contributed by atoms with Crippen molar-refractivity contribution >= 4 is 5.91 Å². The van der Waals surface area contributed by atoms with Crippen molar-refractivity contribution in [2.45, 2.75) is 24.7 Å². The van der Waals surface area contributed by atoms with Gasteiger partial charge in [-0.2, -0.15) is 5.21 Å². The van der Waals surface area contributed by atoms with Gasteiger partial charge < -0.3 is 11.5 Å². The number of nitrogens with two attached hydrogens (primary N) is 2. The third-order valence-corrected chi connectivity index (χ3v) is 5.30. The second-order valence-electron chi connectivity index (χ2n) is 6.72. The number of hydrogen-bond acceptors (Lipinski definition) is 5. The number of carbonyl (C=O) groups excluding carboxylic acids is 1. The lowest BCUT2D eigenvalue weighted by Gasteiger charge is -2.33. The zero-order valence-corrected chi connectivity index (χ0v) is 14.6. The lowest BCUT2D eigenvalue weighted by molar-refractivity contribution is 0.1000. The maximum absolute atomic E-state index is 14.3. The summed E-state index contributed by atoms with van der Waals surface area (Å²) in [5, 5.41) is 14.7. The molecule has 4 rings (SSSR count). The highest BCUT2D eigenvalue weighted by molar-refractivity contribution is 5.93. The second-order valence-corrected chi connectivity index (χ2v) is 6.72. The highest BCUT2D eigenvalue weighted by atomic mass is 19.1. The summed E-state index contributed by atoms with van der Waals surface area (Å²) in [6.07, 6.45) is 1.89. The average molecular weight is 366 g/mol. The molecule has 1 aromatic heterocycles. The summed E-state index contributed by atoms with van der Waals surface area (Å²) in [7, 11) is 0. The highest BCUT2D eigenvalue weighted by Crippen LogP contribution is 2.45. The Labute approximate surface area is 155 Å². The van der Waals surface area contributed by atoms with E-state index in [0.29, 0.717) is 24.4 Å². The summed E-state index contributed by atoms with van der Waals surface area (Å²) in [6, 6.07) is 10.1. The number of halogens is 1. The van der Waals surface area contributed by atoms with Crippen LogP contribution in [0.4, 0.5) is 4.39 Å². The maximum atomic E-state index is 14.3. The van der Waals surface area contributed by atoms with Gasteiger partial charge in [0.25, 0.3) is 0 Å². The molecular weight excluding hydrogens is 347 g/mol. The van der Waals surface area contributed by atoms with Gasteiger partial charge in [0.05, 0.1) is 5.41 Å². The molecule has 1 aliphatic carbocycles. The van der Waals surface area contributed by atoms with Crippen molar-refractivity contribution in [3.63, 3.8) is 0 Å². The van der Waals surface area contributed by atoms with Crippen molar-refractivity contribution in [1.82, 2.24) is 20.6 Å². The van der Waals surface area contributed by atoms with Crippen LogP contribution in [0.2, 0.25) is 0 Å². The molecule has 1 heterocycles. The molecular formula is C19H19FN6O. The van der Waals surface area contributed by atoms with E-state index in [1.165, 1.54) is 12.1 Å². The number of benzene rings is 2. The Bertz CT molecular complexity index is 1000. The van der Waals surface area contributed by atoms with Gasteiger partial charge in [0.15, 0.2) is 5.82 Å². The molecule has 2 aromatic carbocycles. The monoisotopic (exact) mass is 366 g/mol. The fourth-order valence-electron chi connectivity index (χ4n) is 4.10. The fourth-order valence-corrected chi connectivity index (χ4v) is 4.10. The van der Waals surface area contributed by atoms with Crippen molar-refractivity contribution in [1.29, 1.82) is 0 Å². The quantitative estimate of drug-likeness (QED) is 0.640. The molecule has 7 nitrogen and oxygen atoms in total. The zero-order chi connectivity index (χ0) is 19.0. The number of primary amides is 1. The maximum Gasteiger partial charge on any atom is 0.248 e. The smallest absolute Gasteiger partial charge is 0.248 e. The predicted molar refractivity (Wildman–Crippen MR) is 96.5 cm³/mol. The molecule has 1 atom stereocenters. The summed E-state index contributed by atoms with van der Waals surface area (Å²) in [4.78, 5) is 11.8. The molecule has 5 N–H and O–H groups in total. The minimum Gasteiger partial charge on any atom is -0.366 e. The van der Waals surface area contributed by atoms with Crippen molar-refractivity contribution in [3.8, 4) is 0 Å². The SMILES string of the molecule is NCCC1(c2nn[nH]n2)c2cc(F)ccc2CCc2ccc(C(N)=O)cc21. The number of aryl methyl sites for hydroxylation is 2. The molecule has 0 bridgehead atoms. The van der Waals surface area contributed by atoms with Gasteiger partial charge in [0.2, 0.25) is 5.91 Å². The molecule has 1 unspecified atom stereocenters. The van der Waals surface area contributed by atoms with Crippen LogP contribution >= 0.6 is 0 Å². The summed E-state index contributed by atoms with van der Waals surface area (Å²) >= 11 is 0. The van der Waals surface area contributed by atoms with Crippen LogP contribution in [-0.2, 0) is 18.3 Å². The molecule has 0 saturated carbocycles. The number of nitrogens with one attached hydrogen (secondary N) is 1. The van der Waals surface area contributed by atoms with Crippen LogP contribution in [0.1, 0.15) is 44.9 Å². The average Bonchev–Trinajstić information content (AvgIpc) is 3.16. The number of hydrogen-bond donors (Lipinski definition) is 3. The van der Waals surface area contributed by atoms with Gasteiger partial charge in [0.1, 0.15) is 5.82 Å². The van der Waals surface area contributed by atoms with E-state index in [1.807, 2.05) is 6.07 Å². The molecule has 0 aliphatic heterocycles. The zero-order valence-electron chi connectivity index (χ0n) is 14.6. The Morgan fingerprint density at radius 2 is 1.85 bits per heavy atom. The van der Waals surface area contributed by atoms with Crippen LogP contribution in [0.25, 0.3) is 0 Å². The van der Waals surface area contributed by atoms with Crippen molar-refractivity contribution in [2.75, 3.05) is 6.54 Å². The van der Waals surface area contributed by atoms with Gasteiger partial charge in [0, 0.05) is 5.56 Å². The number of carbonyl (C=O) groups is 1. The lowest BCUT2D eigenvalue weighted by atomic mass is 9.69. The summed E-state index contributed by atoms with van der Waals surface area (Å²) in [6.45, 7) is 0.310. The van der Waals surface area contributed by atoms with E-state index in [4.69, 9.17) is 11.5 Å². The van der Waals surface area contributed by atoms with E-state index in [2.05, 4.69) is 20.6 Å². The molecule has 0 spiro atoms. The molecule has 1 aliphatic rings. The molecule has 0 fully saturated rings. The Morgan fingerprint density at radius 1 is 1.15 bits per heavy atom. The predicted octanol–water partition coefficient (Wildman–Crippen LogP) is 1.22. The van der Waals surface area contributed by atoms with E-state index < -0.39 is 11.3 Å². The number of H-pyrrole nitrogens is 1. The normalized spacial score (nSPS) is 18.4. The molecule has 0 radical (unpaired) electrons. The number of aromatic nitrogens is 4. The Kier molecular flexibility index (Phi) is 4.19. The van der Waals surface area contributed by atoms with Crippen molar-refractivity contribution in [2.24, 2.45) is 11.5 Å². The number of amides is 1. The van der Waals surface area contributed by atoms with Crippen LogP contribution in [0.5, 0.6) is 0 Å². The number of tetrazole rings is 1. The largest absolute Gasteiger partial charge is 0.366 e. The first kappa shape index (κ1) is 17.3. The summed E-state index contributed by atoms with van der Waals surface area (Å²) in [5.41, 5.74) is 14.5. The van der Waals surface area contributed by atoms with E-state index in [0.717, 1.165) is 35.1 Å². The third-order valence-electron chi connectivity index (χ3n) is 5.30. The minimum absolute atomic E-state index is 0.310. The van der Waals surface area contributed by atoms with Crippen LogP contribution < -0.4 is 11.5 Å². The van der Waals surface area contributed by atoms with Gasteiger partial charge in [-0.3, -0.25) is 4.79 Å². The van der Waals surface area contributed by atoms with E-state index in [9.17, 15) is 9.18 Å². The lowest BCUT2D eigenvalue weighted by Crippen LogP contribution is -2.35. The highest BCUT2D eigenvalue weighted by Gasteiger charge is 2.44. The van der Waals surface area contributed by atoms with Gasteiger partial charge >= 0.3 is 0 Å². The minimum atomic E-state index is -0.920. The van der Waals surface area contributed by atoms with E-state index >= 15 is 0 Å². The van der Waals surface area contributed by atoms with Crippen molar-refractivity contribution in [3.05, 3.63) is 75.9 Å². The molecule has 0 saturated heterocycles. The van der Waals surface area contributed by atoms with Gasteiger partial charge in [-0.25, -0.2) is 4.39 Å².